The SMILES string of the molecule is O=C(O[C@@H]1CCCNC1)C1CCOCC1. The van der Waals surface area contributed by atoms with Crippen molar-refractivity contribution in [3.8, 4) is 0 Å². The van der Waals surface area contributed by atoms with Crippen LogP contribution in [0.3, 0.4) is 0 Å². The Balaban J connectivity index is 1.74. The molecule has 4 nitrogen and oxygen atoms in total. The van der Waals surface area contributed by atoms with E-state index in [0.717, 1.165) is 38.8 Å². The predicted octanol–water partition coefficient (Wildman–Crippen LogP) is 0.708. The van der Waals surface area contributed by atoms with Gasteiger partial charge in [0, 0.05) is 19.8 Å². The number of ether oxygens (including phenoxy) is 2. The number of carbonyl (C=O) groups excluding carboxylic acids is 1. The topological polar surface area (TPSA) is 47.6 Å². The maximum Gasteiger partial charge on any atom is 0.309 e. The van der Waals surface area contributed by atoms with Crippen LogP contribution < -0.4 is 5.32 Å². The normalized spacial score (nSPS) is 28.7. The smallest absolute Gasteiger partial charge is 0.309 e. The second kappa shape index (κ2) is 5.47. The summed E-state index contributed by atoms with van der Waals surface area (Å²) in [5, 5.41) is 3.24. The fraction of sp³-hybridized carbons (Fsp3) is 0.909. The van der Waals surface area contributed by atoms with Crippen LogP contribution in [0, 0.1) is 5.92 Å². The average molecular weight is 213 g/mol. The van der Waals surface area contributed by atoms with E-state index in [2.05, 4.69) is 5.32 Å². The Morgan fingerprint density at radius 3 is 2.73 bits per heavy atom. The molecule has 2 aliphatic heterocycles. The Bertz CT molecular complexity index is 208. The van der Waals surface area contributed by atoms with Gasteiger partial charge in [-0.1, -0.05) is 0 Å². The Hall–Kier alpha value is -0.610. The van der Waals surface area contributed by atoms with E-state index in [1.54, 1.807) is 0 Å². The van der Waals surface area contributed by atoms with Gasteiger partial charge in [-0.15, -0.1) is 0 Å². The third-order valence-electron chi connectivity index (χ3n) is 3.09. The molecule has 2 heterocycles. The lowest BCUT2D eigenvalue weighted by molar-refractivity contribution is -0.157. The zero-order valence-corrected chi connectivity index (χ0v) is 9.04. The molecule has 1 N–H and O–H groups in total. The van der Waals surface area contributed by atoms with Crippen LogP contribution in [0.4, 0.5) is 0 Å². The van der Waals surface area contributed by atoms with Crippen LogP contribution in [0.1, 0.15) is 25.7 Å². The van der Waals surface area contributed by atoms with Crippen LogP contribution in [0.15, 0.2) is 0 Å². The molecule has 15 heavy (non-hydrogen) atoms. The molecular weight excluding hydrogens is 194 g/mol. The highest BCUT2D eigenvalue weighted by atomic mass is 16.5. The van der Waals surface area contributed by atoms with E-state index in [1.165, 1.54) is 0 Å². The van der Waals surface area contributed by atoms with Crippen LogP contribution in [0.2, 0.25) is 0 Å². The largest absolute Gasteiger partial charge is 0.461 e. The minimum atomic E-state index is -0.0213. The van der Waals surface area contributed by atoms with Crippen LogP contribution in [-0.2, 0) is 14.3 Å². The maximum absolute atomic E-state index is 11.8. The first kappa shape index (κ1) is 10.9. The highest BCUT2D eigenvalue weighted by molar-refractivity contribution is 5.72. The Kier molecular flexibility index (Phi) is 3.97. The number of piperidine rings is 1. The molecular formula is C11H19NO3. The lowest BCUT2D eigenvalue weighted by Gasteiger charge is -2.26. The van der Waals surface area contributed by atoms with Crippen molar-refractivity contribution in [3.05, 3.63) is 0 Å². The average Bonchev–Trinajstić information content (AvgIpc) is 2.31. The fourth-order valence-electron chi connectivity index (χ4n) is 2.11. The van der Waals surface area contributed by atoms with Crippen LogP contribution in [-0.4, -0.2) is 38.4 Å². The van der Waals surface area contributed by atoms with Crippen LogP contribution >= 0.6 is 0 Å². The molecule has 0 aromatic heterocycles. The van der Waals surface area contributed by atoms with Crippen molar-refractivity contribution in [1.82, 2.24) is 5.32 Å². The highest BCUT2D eigenvalue weighted by Gasteiger charge is 2.26. The Labute approximate surface area is 90.3 Å². The number of hydrogen-bond acceptors (Lipinski definition) is 4. The molecule has 1 atom stereocenters. The van der Waals surface area contributed by atoms with E-state index in [-0.39, 0.29) is 18.0 Å². The molecule has 0 bridgehead atoms. The quantitative estimate of drug-likeness (QED) is 0.686. The third-order valence-corrected chi connectivity index (χ3v) is 3.09. The van der Waals surface area contributed by atoms with E-state index < -0.39 is 0 Å². The van der Waals surface area contributed by atoms with Gasteiger partial charge in [-0.05, 0) is 32.2 Å². The summed E-state index contributed by atoms with van der Waals surface area (Å²) < 4.78 is 10.7. The van der Waals surface area contributed by atoms with Gasteiger partial charge in [-0.2, -0.15) is 0 Å². The molecule has 2 fully saturated rings. The van der Waals surface area contributed by atoms with Gasteiger partial charge in [0.15, 0.2) is 0 Å². The molecule has 2 rings (SSSR count). The molecule has 0 amide bonds. The zero-order chi connectivity index (χ0) is 10.5. The molecule has 0 saturated carbocycles. The maximum atomic E-state index is 11.8. The number of hydrogen-bond donors (Lipinski definition) is 1. The minimum Gasteiger partial charge on any atom is -0.461 e. The first-order valence-electron chi connectivity index (χ1n) is 5.85. The molecule has 0 aromatic carbocycles. The Morgan fingerprint density at radius 1 is 1.27 bits per heavy atom. The molecule has 0 spiro atoms. The first-order chi connectivity index (χ1) is 7.36. The lowest BCUT2D eigenvalue weighted by Crippen LogP contribution is -2.38. The lowest BCUT2D eigenvalue weighted by atomic mass is 10.0. The molecule has 2 aliphatic rings. The van der Waals surface area contributed by atoms with Crippen molar-refractivity contribution in [1.29, 1.82) is 0 Å². The number of esters is 1. The van der Waals surface area contributed by atoms with Crippen molar-refractivity contribution in [2.45, 2.75) is 31.8 Å². The van der Waals surface area contributed by atoms with Crippen molar-refractivity contribution in [2.75, 3.05) is 26.3 Å². The van der Waals surface area contributed by atoms with Gasteiger partial charge in [0.2, 0.25) is 0 Å². The molecule has 4 heteroatoms. The second-order valence-corrected chi connectivity index (χ2v) is 4.29. The van der Waals surface area contributed by atoms with E-state index in [1.807, 2.05) is 0 Å². The summed E-state index contributed by atoms with van der Waals surface area (Å²) >= 11 is 0. The van der Waals surface area contributed by atoms with Crippen molar-refractivity contribution in [3.63, 3.8) is 0 Å². The molecule has 86 valence electrons. The van der Waals surface area contributed by atoms with E-state index >= 15 is 0 Å². The summed E-state index contributed by atoms with van der Waals surface area (Å²) in [6, 6.07) is 0. The number of rotatable bonds is 2. The van der Waals surface area contributed by atoms with Crippen molar-refractivity contribution in [2.24, 2.45) is 5.92 Å². The van der Waals surface area contributed by atoms with Crippen LogP contribution in [0.25, 0.3) is 0 Å². The molecule has 0 radical (unpaired) electrons. The third kappa shape index (κ3) is 3.18. The van der Waals surface area contributed by atoms with Gasteiger partial charge in [0.05, 0.1) is 5.92 Å². The van der Waals surface area contributed by atoms with Crippen LogP contribution in [0.5, 0.6) is 0 Å². The fourth-order valence-corrected chi connectivity index (χ4v) is 2.11. The number of carbonyl (C=O) groups is 1. The highest BCUT2D eigenvalue weighted by Crippen LogP contribution is 2.18. The van der Waals surface area contributed by atoms with Crippen molar-refractivity contribution < 1.29 is 14.3 Å². The summed E-state index contributed by atoms with van der Waals surface area (Å²) in [6.07, 6.45) is 3.83. The van der Waals surface area contributed by atoms with Crippen molar-refractivity contribution >= 4 is 5.97 Å². The van der Waals surface area contributed by atoms with Gasteiger partial charge in [0.25, 0.3) is 0 Å². The van der Waals surface area contributed by atoms with Gasteiger partial charge >= 0.3 is 5.97 Å². The second-order valence-electron chi connectivity index (χ2n) is 4.29. The van der Waals surface area contributed by atoms with E-state index in [0.29, 0.717) is 13.2 Å². The van der Waals surface area contributed by atoms with Gasteiger partial charge in [0.1, 0.15) is 6.10 Å². The van der Waals surface area contributed by atoms with Gasteiger partial charge < -0.3 is 14.8 Å². The van der Waals surface area contributed by atoms with Gasteiger partial charge in [-0.3, -0.25) is 4.79 Å². The summed E-state index contributed by atoms with van der Waals surface area (Å²) in [4.78, 5) is 11.8. The zero-order valence-electron chi connectivity index (χ0n) is 9.04. The summed E-state index contributed by atoms with van der Waals surface area (Å²) in [7, 11) is 0. The van der Waals surface area contributed by atoms with E-state index in [4.69, 9.17) is 9.47 Å². The molecule has 0 aliphatic carbocycles. The summed E-state index contributed by atoms with van der Waals surface area (Å²) in [5.41, 5.74) is 0. The summed E-state index contributed by atoms with van der Waals surface area (Å²) in [6.45, 7) is 3.26. The predicted molar refractivity (Wildman–Crippen MR) is 55.5 cm³/mol. The van der Waals surface area contributed by atoms with Gasteiger partial charge in [-0.25, -0.2) is 0 Å². The molecule has 0 aromatic rings. The monoisotopic (exact) mass is 213 g/mol. The Morgan fingerprint density at radius 2 is 2.07 bits per heavy atom. The summed E-state index contributed by atoms with van der Waals surface area (Å²) in [5.74, 6) is 0.0488. The first-order valence-corrected chi connectivity index (χ1v) is 5.85. The van der Waals surface area contributed by atoms with E-state index in [9.17, 15) is 4.79 Å². The minimum absolute atomic E-state index is 0.0213. The number of nitrogens with one attached hydrogen (secondary N) is 1. The molecule has 0 unspecified atom stereocenters. The standard InChI is InChI=1S/C11H19NO3/c13-11(9-3-6-14-7-4-9)15-10-2-1-5-12-8-10/h9-10,12H,1-8H2/t10-/m1/s1. The molecule has 2 saturated heterocycles.